The van der Waals surface area contributed by atoms with E-state index in [1.54, 1.807) is 0 Å². The highest BCUT2D eigenvalue weighted by molar-refractivity contribution is 5.78. The van der Waals surface area contributed by atoms with Gasteiger partial charge in [-0.2, -0.15) is 0 Å². The van der Waals surface area contributed by atoms with Crippen LogP contribution >= 0.6 is 0 Å². The molecular weight excluding hydrogens is 212 g/mol. The zero-order valence-electron chi connectivity index (χ0n) is 8.77. The highest BCUT2D eigenvalue weighted by Crippen LogP contribution is 2.26. The number of aromatic hydroxyl groups is 2. The molecule has 0 unspecified atom stereocenters. The van der Waals surface area contributed by atoms with Crippen molar-refractivity contribution >= 4 is 5.97 Å². The minimum atomic E-state index is -1.32. The number of hydrazine groups is 1. The Morgan fingerprint density at radius 3 is 2.50 bits per heavy atom. The van der Waals surface area contributed by atoms with E-state index in [1.807, 2.05) is 0 Å². The summed E-state index contributed by atoms with van der Waals surface area (Å²) >= 11 is 0. The molecule has 0 saturated carbocycles. The molecule has 88 valence electrons. The van der Waals surface area contributed by atoms with Crippen LogP contribution < -0.4 is 11.3 Å². The third kappa shape index (κ3) is 2.41. The van der Waals surface area contributed by atoms with Gasteiger partial charge in [-0.25, -0.2) is 5.43 Å². The Kier molecular flexibility index (Phi) is 3.36. The summed E-state index contributed by atoms with van der Waals surface area (Å²) in [6, 6.07) is 4.12. The number of phenolic OH excluding ortho intramolecular Hbond substituents is 2. The van der Waals surface area contributed by atoms with Crippen LogP contribution in [0.5, 0.6) is 11.5 Å². The third-order valence-corrected chi connectivity index (χ3v) is 2.39. The standard InChI is InChI=1S/C10H14N2O4/c1-10(12-11,9(15)16)5-6-2-3-7(13)8(14)4-6/h2-4,12-14H,5,11H2,1H3,(H,15,16)/t10-/m1/s1. The van der Waals surface area contributed by atoms with Gasteiger partial charge in [0.25, 0.3) is 0 Å². The fourth-order valence-electron chi connectivity index (χ4n) is 1.28. The van der Waals surface area contributed by atoms with Crippen LogP contribution in [0.4, 0.5) is 0 Å². The Morgan fingerprint density at radius 1 is 1.44 bits per heavy atom. The molecule has 0 aromatic heterocycles. The average molecular weight is 226 g/mol. The van der Waals surface area contributed by atoms with E-state index >= 15 is 0 Å². The maximum absolute atomic E-state index is 11.0. The Hall–Kier alpha value is -1.79. The highest BCUT2D eigenvalue weighted by Gasteiger charge is 2.32. The number of hydrogen-bond acceptors (Lipinski definition) is 5. The van der Waals surface area contributed by atoms with Crippen LogP contribution in [0.1, 0.15) is 12.5 Å². The molecule has 0 aliphatic heterocycles. The second kappa shape index (κ2) is 4.38. The van der Waals surface area contributed by atoms with Crippen molar-refractivity contribution in [2.24, 2.45) is 5.84 Å². The molecule has 6 heteroatoms. The first kappa shape index (κ1) is 12.3. The van der Waals surface area contributed by atoms with E-state index in [2.05, 4.69) is 5.43 Å². The average Bonchev–Trinajstić information content (AvgIpc) is 2.23. The van der Waals surface area contributed by atoms with Crippen molar-refractivity contribution in [1.29, 1.82) is 0 Å². The molecule has 0 heterocycles. The number of carboxylic acid groups (broad SMARTS) is 1. The first-order valence-electron chi connectivity index (χ1n) is 4.61. The van der Waals surface area contributed by atoms with Gasteiger partial charge in [0.05, 0.1) is 0 Å². The van der Waals surface area contributed by atoms with E-state index in [1.165, 1.54) is 25.1 Å². The van der Waals surface area contributed by atoms with Crippen LogP contribution in [-0.4, -0.2) is 26.8 Å². The number of phenols is 2. The summed E-state index contributed by atoms with van der Waals surface area (Å²) in [5, 5.41) is 27.3. The number of carbonyl (C=O) groups is 1. The normalized spacial score (nSPS) is 14.4. The van der Waals surface area contributed by atoms with Gasteiger partial charge in [-0.15, -0.1) is 0 Å². The van der Waals surface area contributed by atoms with Crippen LogP contribution in [0.2, 0.25) is 0 Å². The monoisotopic (exact) mass is 226 g/mol. The lowest BCUT2D eigenvalue weighted by atomic mass is 9.93. The molecule has 1 aromatic carbocycles. The molecule has 1 atom stereocenters. The lowest BCUT2D eigenvalue weighted by Gasteiger charge is -2.23. The maximum Gasteiger partial charge on any atom is 0.325 e. The molecular formula is C10H14N2O4. The lowest BCUT2D eigenvalue weighted by Crippen LogP contribution is -2.54. The molecule has 6 N–H and O–H groups in total. The van der Waals surface area contributed by atoms with Crippen molar-refractivity contribution in [1.82, 2.24) is 5.43 Å². The highest BCUT2D eigenvalue weighted by atomic mass is 16.4. The van der Waals surface area contributed by atoms with E-state index in [4.69, 9.17) is 16.1 Å². The summed E-state index contributed by atoms with van der Waals surface area (Å²) < 4.78 is 0. The zero-order valence-corrected chi connectivity index (χ0v) is 8.77. The van der Waals surface area contributed by atoms with Gasteiger partial charge in [-0.3, -0.25) is 10.6 Å². The quantitative estimate of drug-likeness (QED) is 0.279. The van der Waals surface area contributed by atoms with Gasteiger partial charge in [0, 0.05) is 6.42 Å². The number of nitrogens with two attached hydrogens (primary N) is 1. The molecule has 0 radical (unpaired) electrons. The molecule has 0 aliphatic rings. The topological polar surface area (TPSA) is 116 Å². The Bertz CT molecular complexity index is 408. The zero-order chi connectivity index (χ0) is 12.3. The van der Waals surface area contributed by atoms with E-state index in [-0.39, 0.29) is 17.9 Å². The molecule has 0 aliphatic carbocycles. The van der Waals surface area contributed by atoms with Crippen molar-refractivity contribution in [2.45, 2.75) is 18.9 Å². The van der Waals surface area contributed by atoms with Gasteiger partial charge in [-0.05, 0) is 24.6 Å². The fourth-order valence-corrected chi connectivity index (χ4v) is 1.28. The molecule has 0 spiro atoms. The van der Waals surface area contributed by atoms with Crippen LogP contribution in [0.3, 0.4) is 0 Å². The first-order valence-corrected chi connectivity index (χ1v) is 4.61. The smallest absolute Gasteiger partial charge is 0.325 e. The van der Waals surface area contributed by atoms with Crippen molar-refractivity contribution < 1.29 is 20.1 Å². The number of rotatable bonds is 4. The van der Waals surface area contributed by atoms with Crippen molar-refractivity contribution in [3.63, 3.8) is 0 Å². The van der Waals surface area contributed by atoms with Gasteiger partial charge < -0.3 is 15.3 Å². The van der Waals surface area contributed by atoms with Crippen molar-refractivity contribution in [3.8, 4) is 11.5 Å². The summed E-state index contributed by atoms with van der Waals surface area (Å²) in [6.45, 7) is 1.43. The predicted octanol–water partition coefficient (Wildman–Crippen LogP) is -0.0531. The Morgan fingerprint density at radius 2 is 2.06 bits per heavy atom. The van der Waals surface area contributed by atoms with Gasteiger partial charge in [0.2, 0.25) is 0 Å². The molecule has 0 bridgehead atoms. The number of aliphatic carboxylic acids is 1. The molecule has 0 amide bonds. The summed E-state index contributed by atoms with van der Waals surface area (Å²) in [5.41, 5.74) is 1.45. The number of carboxylic acids is 1. The van der Waals surface area contributed by atoms with E-state index in [9.17, 15) is 9.90 Å². The van der Waals surface area contributed by atoms with E-state index < -0.39 is 11.5 Å². The van der Waals surface area contributed by atoms with Crippen LogP contribution in [0.15, 0.2) is 18.2 Å². The number of nitrogens with one attached hydrogen (secondary N) is 1. The largest absolute Gasteiger partial charge is 0.504 e. The predicted molar refractivity (Wildman–Crippen MR) is 56.8 cm³/mol. The van der Waals surface area contributed by atoms with Gasteiger partial charge >= 0.3 is 5.97 Å². The van der Waals surface area contributed by atoms with E-state index in [0.29, 0.717) is 5.56 Å². The summed E-state index contributed by atoms with van der Waals surface area (Å²) in [6.07, 6.45) is 0.0900. The Labute approximate surface area is 92.3 Å². The van der Waals surface area contributed by atoms with Crippen molar-refractivity contribution in [3.05, 3.63) is 23.8 Å². The second-order valence-corrected chi connectivity index (χ2v) is 3.78. The molecule has 0 saturated heterocycles. The number of hydrogen-bond donors (Lipinski definition) is 5. The molecule has 1 aromatic rings. The fraction of sp³-hybridized carbons (Fsp3) is 0.300. The summed E-state index contributed by atoms with van der Waals surface area (Å²) in [4.78, 5) is 11.0. The second-order valence-electron chi connectivity index (χ2n) is 3.78. The minimum absolute atomic E-state index is 0.0900. The lowest BCUT2D eigenvalue weighted by molar-refractivity contribution is -0.144. The maximum atomic E-state index is 11.0. The molecule has 16 heavy (non-hydrogen) atoms. The van der Waals surface area contributed by atoms with Crippen LogP contribution in [0.25, 0.3) is 0 Å². The number of benzene rings is 1. The Balaban J connectivity index is 2.95. The summed E-state index contributed by atoms with van der Waals surface area (Å²) in [7, 11) is 0. The third-order valence-electron chi connectivity index (χ3n) is 2.39. The minimum Gasteiger partial charge on any atom is -0.504 e. The summed E-state index contributed by atoms with van der Waals surface area (Å²) in [5.74, 6) is 3.55. The van der Waals surface area contributed by atoms with E-state index in [0.717, 1.165) is 0 Å². The van der Waals surface area contributed by atoms with Crippen LogP contribution in [-0.2, 0) is 11.2 Å². The first-order chi connectivity index (χ1) is 7.39. The molecule has 6 nitrogen and oxygen atoms in total. The van der Waals surface area contributed by atoms with Gasteiger partial charge in [0.15, 0.2) is 11.5 Å². The SMILES string of the molecule is C[C@](Cc1ccc(O)c(O)c1)(NN)C(=O)O. The van der Waals surface area contributed by atoms with Gasteiger partial charge in [0.1, 0.15) is 5.54 Å². The van der Waals surface area contributed by atoms with Gasteiger partial charge in [-0.1, -0.05) is 6.07 Å². The van der Waals surface area contributed by atoms with Crippen molar-refractivity contribution in [2.75, 3.05) is 0 Å². The molecule has 0 fully saturated rings. The molecule has 1 rings (SSSR count). The van der Waals surface area contributed by atoms with Crippen LogP contribution in [0, 0.1) is 0 Å².